The van der Waals surface area contributed by atoms with Crippen molar-refractivity contribution in [2.75, 3.05) is 20.6 Å². The lowest BCUT2D eigenvalue weighted by Gasteiger charge is -2.09. The Morgan fingerprint density at radius 1 is 1.39 bits per heavy atom. The van der Waals surface area contributed by atoms with Gasteiger partial charge in [0.15, 0.2) is 5.69 Å². The molecule has 0 N–H and O–H groups in total. The maximum atomic E-state index is 11.4. The molecule has 0 atom stereocenters. The molecule has 1 aromatic carbocycles. The number of benzene rings is 1. The third-order valence-corrected chi connectivity index (χ3v) is 2.70. The van der Waals surface area contributed by atoms with Crippen LogP contribution in [0.3, 0.4) is 0 Å². The van der Waals surface area contributed by atoms with Gasteiger partial charge in [0.2, 0.25) is 0 Å². The van der Waals surface area contributed by atoms with Crippen molar-refractivity contribution >= 4 is 16.8 Å². The van der Waals surface area contributed by atoms with Crippen molar-refractivity contribution in [3.63, 3.8) is 0 Å². The Kier molecular flexibility index (Phi) is 3.47. The number of hydrogen-bond acceptors (Lipinski definition) is 4. The monoisotopic (exact) mass is 246 g/mol. The first kappa shape index (κ1) is 12.4. The second-order valence-electron chi connectivity index (χ2n) is 4.29. The predicted octanol–water partition coefficient (Wildman–Crippen LogP) is 1.50. The molecule has 1 amide bonds. The number of para-hydroxylation sites is 1. The molecule has 94 valence electrons. The van der Waals surface area contributed by atoms with Gasteiger partial charge in [-0.1, -0.05) is 18.2 Å². The van der Waals surface area contributed by atoms with Crippen LogP contribution in [0.4, 0.5) is 0 Å². The van der Waals surface area contributed by atoms with Gasteiger partial charge in [-0.15, -0.1) is 4.91 Å². The van der Waals surface area contributed by atoms with Crippen molar-refractivity contribution in [1.82, 2.24) is 14.7 Å². The van der Waals surface area contributed by atoms with E-state index in [-0.39, 0.29) is 5.69 Å². The molecule has 0 aliphatic carbocycles. The SMILES string of the molecule is CN(C)CCn1nc(C(=O)N=O)c2ccccc21. The average Bonchev–Trinajstić information content (AvgIpc) is 2.74. The smallest absolute Gasteiger partial charge is 0.308 e. The molecule has 0 aliphatic rings. The van der Waals surface area contributed by atoms with Gasteiger partial charge in [-0.3, -0.25) is 9.48 Å². The molecular weight excluding hydrogens is 232 g/mol. The van der Waals surface area contributed by atoms with Crippen molar-refractivity contribution in [2.24, 2.45) is 5.18 Å². The largest absolute Gasteiger partial charge is 0.337 e. The lowest BCUT2D eigenvalue weighted by atomic mass is 10.2. The number of hydrogen-bond donors (Lipinski definition) is 0. The van der Waals surface area contributed by atoms with Gasteiger partial charge in [-0.2, -0.15) is 5.10 Å². The molecule has 2 aromatic rings. The summed E-state index contributed by atoms with van der Waals surface area (Å²) in [4.78, 5) is 23.8. The molecule has 0 radical (unpaired) electrons. The third-order valence-electron chi connectivity index (χ3n) is 2.70. The fourth-order valence-corrected chi connectivity index (χ4v) is 1.79. The molecule has 1 aromatic heterocycles. The summed E-state index contributed by atoms with van der Waals surface area (Å²) < 4.78 is 1.73. The number of amides is 1. The summed E-state index contributed by atoms with van der Waals surface area (Å²) in [5, 5.41) is 7.29. The minimum atomic E-state index is -0.824. The highest BCUT2D eigenvalue weighted by atomic mass is 16.3. The van der Waals surface area contributed by atoms with Crippen LogP contribution >= 0.6 is 0 Å². The average molecular weight is 246 g/mol. The van der Waals surface area contributed by atoms with Crippen LogP contribution in [0.1, 0.15) is 10.5 Å². The van der Waals surface area contributed by atoms with Gasteiger partial charge in [-0.05, 0) is 20.2 Å². The molecule has 0 unspecified atom stereocenters. The van der Waals surface area contributed by atoms with Crippen molar-refractivity contribution < 1.29 is 4.79 Å². The van der Waals surface area contributed by atoms with Gasteiger partial charge in [-0.25, -0.2) is 0 Å². The van der Waals surface area contributed by atoms with Crippen LogP contribution in [0.5, 0.6) is 0 Å². The minimum Gasteiger partial charge on any atom is -0.308 e. The molecule has 0 saturated carbocycles. The summed E-state index contributed by atoms with van der Waals surface area (Å²) >= 11 is 0. The zero-order valence-corrected chi connectivity index (χ0v) is 10.3. The van der Waals surface area contributed by atoms with Crippen LogP contribution in [0, 0.1) is 4.91 Å². The maximum absolute atomic E-state index is 11.4. The number of nitroso groups, excluding NO2 is 1. The zero-order chi connectivity index (χ0) is 13.1. The van der Waals surface area contributed by atoms with Crippen LogP contribution in [-0.4, -0.2) is 41.2 Å². The molecule has 18 heavy (non-hydrogen) atoms. The molecular formula is C12H14N4O2. The molecule has 0 aliphatic heterocycles. The Morgan fingerprint density at radius 2 is 2.11 bits per heavy atom. The van der Waals surface area contributed by atoms with E-state index < -0.39 is 5.91 Å². The molecule has 6 heteroatoms. The Morgan fingerprint density at radius 3 is 2.78 bits per heavy atom. The van der Waals surface area contributed by atoms with E-state index in [1.165, 1.54) is 0 Å². The standard InChI is InChI=1S/C12H14N4O2/c1-15(2)7-8-16-10-6-4-3-5-9(10)11(13-16)12(17)14-18/h3-6H,7-8H2,1-2H3. The summed E-state index contributed by atoms with van der Waals surface area (Å²) in [6.45, 7) is 1.45. The number of rotatable bonds is 4. The van der Waals surface area contributed by atoms with E-state index in [1.807, 2.05) is 37.2 Å². The molecule has 0 bridgehead atoms. The quantitative estimate of drug-likeness (QED) is 0.767. The fraction of sp³-hybridized carbons (Fsp3) is 0.333. The second kappa shape index (κ2) is 5.05. The van der Waals surface area contributed by atoms with E-state index >= 15 is 0 Å². The van der Waals surface area contributed by atoms with E-state index in [9.17, 15) is 9.70 Å². The number of carbonyl (C=O) groups excluding carboxylic acids is 1. The molecule has 0 saturated heterocycles. The Labute approximate surface area is 104 Å². The molecule has 1 heterocycles. The van der Waals surface area contributed by atoms with E-state index in [1.54, 1.807) is 10.7 Å². The van der Waals surface area contributed by atoms with E-state index in [4.69, 9.17) is 0 Å². The number of nitrogens with zero attached hydrogens (tertiary/aromatic N) is 4. The zero-order valence-electron chi connectivity index (χ0n) is 10.3. The fourth-order valence-electron chi connectivity index (χ4n) is 1.79. The first-order valence-electron chi connectivity index (χ1n) is 5.61. The molecule has 6 nitrogen and oxygen atoms in total. The van der Waals surface area contributed by atoms with Crippen molar-refractivity contribution in [3.05, 3.63) is 34.9 Å². The normalized spacial score (nSPS) is 11.1. The highest BCUT2D eigenvalue weighted by Crippen LogP contribution is 2.19. The van der Waals surface area contributed by atoms with Crippen LogP contribution in [0.2, 0.25) is 0 Å². The maximum Gasteiger partial charge on any atom is 0.337 e. The summed E-state index contributed by atoms with van der Waals surface area (Å²) in [7, 11) is 3.93. The third kappa shape index (κ3) is 2.28. The molecule has 0 fully saturated rings. The van der Waals surface area contributed by atoms with Gasteiger partial charge in [0.1, 0.15) is 0 Å². The first-order valence-corrected chi connectivity index (χ1v) is 5.61. The summed E-state index contributed by atoms with van der Waals surface area (Å²) in [5.74, 6) is -0.824. The first-order chi connectivity index (χ1) is 8.63. The molecule has 0 spiro atoms. The summed E-state index contributed by atoms with van der Waals surface area (Å²) in [6, 6.07) is 7.33. The predicted molar refractivity (Wildman–Crippen MR) is 68.4 cm³/mol. The highest BCUT2D eigenvalue weighted by molar-refractivity contribution is 6.05. The lowest BCUT2D eigenvalue weighted by molar-refractivity contribution is 0.0996. The van der Waals surface area contributed by atoms with E-state index in [0.717, 1.165) is 12.1 Å². The summed E-state index contributed by atoms with van der Waals surface area (Å²) in [5.41, 5.74) is 0.964. The van der Waals surface area contributed by atoms with Crippen LogP contribution in [0.25, 0.3) is 10.9 Å². The number of carbonyl (C=O) groups is 1. The lowest BCUT2D eigenvalue weighted by Crippen LogP contribution is -2.19. The summed E-state index contributed by atoms with van der Waals surface area (Å²) in [6.07, 6.45) is 0. The van der Waals surface area contributed by atoms with Crippen LogP contribution in [0.15, 0.2) is 29.4 Å². The van der Waals surface area contributed by atoms with Crippen LogP contribution < -0.4 is 0 Å². The Bertz CT molecular complexity index is 589. The van der Waals surface area contributed by atoms with Gasteiger partial charge in [0.25, 0.3) is 0 Å². The number of fused-ring (bicyclic) bond motifs is 1. The van der Waals surface area contributed by atoms with Crippen molar-refractivity contribution in [3.8, 4) is 0 Å². The number of likely N-dealkylation sites (N-methyl/N-ethyl adjacent to an activating group) is 1. The van der Waals surface area contributed by atoms with Crippen molar-refractivity contribution in [1.29, 1.82) is 0 Å². The van der Waals surface area contributed by atoms with Gasteiger partial charge in [0.05, 0.1) is 12.1 Å². The van der Waals surface area contributed by atoms with Crippen molar-refractivity contribution in [2.45, 2.75) is 6.54 Å². The van der Waals surface area contributed by atoms with Gasteiger partial charge < -0.3 is 4.90 Å². The minimum absolute atomic E-state index is 0.124. The van der Waals surface area contributed by atoms with Gasteiger partial charge in [0, 0.05) is 17.1 Å². The van der Waals surface area contributed by atoms with E-state index in [2.05, 4.69) is 10.3 Å². The number of aromatic nitrogens is 2. The Balaban J connectivity index is 2.47. The topological polar surface area (TPSA) is 67.6 Å². The van der Waals surface area contributed by atoms with E-state index in [0.29, 0.717) is 11.9 Å². The van der Waals surface area contributed by atoms with Gasteiger partial charge >= 0.3 is 5.91 Å². The molecule has 2 rings (SSSR count). The highest BCUT2D eigenvalue weighted by Gasteiger charge is 2.17. The van der Waals surface area contributed by atoms with Crippen LogP contribution in [-0.2, 0) is 6.54 Å². The Hall–Kier alpha value is -2.08. The second-order valence-corrected chi connectivity index (χ2v) is 4.29.